The van der Waals surface area contributed by atoms with Crippen molar-refractivity contribution in [2.75, 3.05) is 18.5 Å². The van der Waals surface area contributed by atoms with Crippen LogP contribution in [0.15, 0.2) is 60.9 Å². The zero-order chi connectivity index (χ0) is 22.1. The van der Waals surface area contributed by atoms with Gasteiger partial charge in [-0.15, -0.1) is 5.10 Å². The minimum absolute atomic E-state index is 0.0740. The molecule has 0 aliphatic carbocycles. The van der Waals surface area contributed by atoms with E-state index in [9.17, 15) is 9.18 Å². The van der Waals surface area contributed by atoms with E-state index in [0.29, 0.717) is 5.69 Å². The number of piperidine rings is 1. The van der Waals surface area contributed by atoms with Crippen LogP contribution in [0.25, 0.3) is 16.9 Å². The van der Waals surface area contributed by atoms with Crippen LogP contribution in [-0.4, -0.2) is 39.1 Å². The van der Waals surface area contributed by atoms with Gasteiger partial charge in [-0.2, -0.15) is 0 Å². The Bertz CT molecular complexity index is 1270. The van der Waals surface area contributed by atoms with Gasteiger partial charge in [0.1, 0.15) is 17.3 Å². The molecule has 1 unspecified atom stereocenters. The molecule has 4 heterocycles. The van der Waals surface area contributed by atoms with Gasteiger partial charge in [0.2, 0.25) is 0 Å². The maximum atomic E-state index is 13.9. The first-order valence-corrected chi connectivity index (χ1v) is 10.7. The van der Waals surface area contributed by atoms with Crippen molar-refractivity contribution in [3.05, 3.63) is 78.0 Å². The SMILES string of the molecule is CNC(=O)c1ccc(-c2cnc3ccc(N4CCCCC4c4cccc(F)c4)nn23)cn1. The number of rotatable bonds is 4. The normalized spacial score (nSPS) is 16.3. The molecule has 1 aliphatic heterocycles. The minimum Gasteiger partial charge on any atom is -0.354 e. The monoisotopic (exact) mass is 430 g/mol. The Balaban J connectivity index is 1.52. The molecule has 8 heteroatoms. The highest BCUT2D eigenvalue weighted by Gasteiger charge is 2.26. The lowest BCUT2D eigenvalue weighted by atomic mass is 9.95. The van der Waals surface area contributed by atoms with Crippen molar-refractivity contribution in [1.29, 1.82) is 0 Å². The maximum Gasteiger partial charge on any atom is 0.269 e. The van der Waals surface area contributed by atoms with Gasteiger partial charge in [-0.25, -0.2) is 13.9 Å². The van der Waals surface area contributed by atoms with E-state index in [4.69, 9.17) is 5.10 Å². The molecule has 5 rings (SSSR count). The summed E-state index contributed by atoms with van der Waals surface area (Å²) in [7, 11) is 1.57. The Labute approximate surface area is 184 Å². The van der Waals surface area contributed by atoms with Crippen LogP contribution in [0.4, 0.5) is 10.2 Å². The fraction of sp³-hybridized carbons (Fsp3) is 0.250. The van der Waals surface area contributed by atoms with E-state index in [1.54, 1.807) is 42.2 Å². The molecular weight excluding hydrogens is 407 g/mol. The summed E-state index contributed by atoms with van der Waals surface area (Å²) in [6.45, 7) is 0.853. The molecule has 1 amide bonds. The molecule has 1 saturated heterocycles. The average Bonchev–Trinajstić information content (AvgIpc) is 3.27. The Morgan fingerprint density at radius 3 is 2.78 bits per heavy atom. The lowest BCUT2D eigenvalue weighted by molar-refractivity contribution is 0.0958. The van der Waals surface area contributed by atoms with Gasteiger partial charge >= 0.3 is 0 Å². The standard InChI is InChI=1S/C24H23FN6O/c1-26-24(32)19-9-8-17(14-27-19)21-15-28-22-10-11-23(29-31(21)22)30-12-3-2-7-20(30)16-5-4-6-18(25)13-16/h4-6,8-11,13-15,20H,2-3,7,12H2,1H3,(H,26,32). The Hall–Kier alpha value is -3.81. The first kappa shape index (κ1) is 20.1. The molecule has 0 saturated carbocycles. The Morgan fingerprint density at radius 1 is 1.09 bits per heavy atom. The molecule has 1 aromatic carbocycles. The van der Waals surface area contributed by atoms with Gasteiger partial charge in [0.15, 0.2) is 5.65 Å². The molecule has 7 nitrogen and oxygen atoms in total. The van der Waals surface area contributed by atoms with Gasteiger partial charge in [-0.05, 0) is 61.2 Å². The molecule has 0 bridgehead atoms. The van der Waals surface area contributed by atoms with E-state index in [0.717, 1.165) is 54.1 Å². The van der Waals surface area contributed by atoms with Gasteiger partial charge in [0, 0.05) is 25.4 Å². The van der Waals surface area contributed by atoms with Crippen molar-refractivity contribution >= 4 is 17.4 Å². The molecule has 162 valence electrons. The third-order valence-corrected chi connectivity index (χ3v) is 5.90. The lowest BCUT2D eigenvalue weighted by Gasteiger charge is -2.37. The molecule has 3 aromatic heterocycles. The molecule has 0 spiro atoms. The molecule has 1 aliphatic rings. The van der Waals surface area contributed by atoms with Crippen LogP contribution >= 0.6 is 0 Å². The second-order valence-electron chi connectivity index (χ2n) is 7.88. The maximum absolute atomic E-state index is 13.9. The number of hydrogen-bond acceptors (Lipinski definition) is 5. The number of halogens is 1. The van der Waals surface area contributed by atoms with E-state index >= 15 is 0 Å². The smallest absolute Gasteiger partial charge is 0.269 e. The number of amides is 1. The van der Waals surface area contributed by atoms with Crippen LogP contribution < -0.4 is 10.2 Å². The largest absolute Gasteiger partial charge is 0.354 e. The van der Waals surface area contributed by atoms with E-state index in [1.165, 1.54) is 6.07 Å². The second-order valence-corrected chi connectivity index (χ2v) is 7.88. The fourth-order valence-electron chi connectivity index (χ4n) is 4.29. The molecular formula is C24H23FN6O. The molecule has 32 heavy (non-hydrogen) atoms. The molecule has 4 aromatic rings. The van der Waals surface area contributed by atoms with Crippen molar-refractivity contribution in [2.24, 2.45) is 0 Å². The van der Waals surface area contributed by atoms with E-state index < -0.39 is 0 Å². The quantitative estimate of drug-likeness (QED) is 0.529. The van der Waals surface area contributed by atoms with Gasteiger partial charge in [-0.3, -0.25) is 9.78 Å². The van der Waals surface area contributed by atoms with Crippen molar-refractivity contribution in [3.63, 3.8) is 0 Å². The zero-order valence-corrected chi connectivity index (χ0v) is 17.7. The predicted molar refractivity (Wildman–Crippen MR) is 120 cm³/mol. The number of anilines is 1. The van der Waals surface area contributed by atoms with E-state index in [-0.39, 0.29) is 17.8 Å². The zero-order valence-electron chi connectivity index (χ0n) is 17.7. The molecule has 1 atom stereocenters. The highest BCUT2D eigenvalue weighted by molar-refractivity contribution is 5.92. The number of carbonyl (C=O) groups excluding carboxylic acids is 1. The van der Waals surface area contributed by atoms with Crippen LogP contribution in [0, 0.1) is 5.82 Å². The number of carbonyl (C=O) groups is 1. The highest BCUT2D eigenvalue weighted by atomic mass is 19.1. The average molecular weight is 430 g/mol. The number of pyridine rings is 1. The molecule has 0 radical (unpaired) electrons. The summed E-state index contributed by atoms with van der Waals surface area (Å²) in [4.78, 5) is 22.8. The van der Waals surface area contributed by atoms with Crippen LogP contribution in [0.1, 0.15) is 41.4 Å². The van der Waals surface area contributed by atoms with E-state index in [1.807, 2.05) is 24.3 Å². The number of benzene rings is 1. The highest BCUT2D eigenvalue weighted by Crippen LogP contribution is 2.34. The van der Waals surface area contributed by atoms with Crippen LogP contribution in [0.3, 0.4) is 0 Å². The van der Waals surface area contributed by atoms with Crippen molar-refractivity contribution in [2.45, 2.75) is 25.3 Å². The number of nitrogens with one attached hydrogen (secondary N) is 1. The summed E-state index contributed by atoms with van der Waals surface area (Å²) >= 11 is 0. The lowest BCUT2D eigenvalue weighted by Crippen LogP contribution is -2.34. The third kappa shape index (κ3) is 3.68. The summed E-state index contributed by atoms with van der Waals surface area (Å²) in [6, 6.07) is 14.3. The number of fused-ring (bicyclic) bond motifs is 1. The van der Waals surface area contributed by atoms with Gasteiger partial charge in [0.05, 0.1) is 17.9 Å². The summed E-state index contributed by atoms with van der Waals surface area (Å²) in [5.74, 6) is 0.366. The molecule has 1 N–H and O–H groups in total. The fourth-order valence-corrected chi connectivity index (χ4v) is 4.29. The molecule has 1 fully saturated rings. The minimum atomic E-state index is -0.233. The Kier molecular flexibility index (Phi) is 5.26. The van der Waals surface area contributed by atoms with Crippen molar-refractivity contribution in [3.8, 4) is 11.3 Å². The van der Waals surface area contributed by atoms with Gasteiger partial charge < -0.3 is 10.2 Å². The summed E-state index contributed by atoms with van der Waals surface area (Å²) in [5.41, 5.74) is 3.64. The van der Waals surface area contributed by atoms with Crippen LogP contribution in [0.2, 0.25) is 0 Å². The summed E-state index contributed by atoms with van der Waals surface area (Å²) in [6.07, 6.45) is 6.51. The van der Waals surface area contributed by atoms with Crippen LogP contribution in [-0.2, 0) is 0 Å². The third-order valence-electron chi connectivity index (χ3n) is 5.90. The number of imidazole rings is 1. The number of hydrogen-bond donors (Lipinski definition) is 1. The van der Waals surface area contributed by atoms with Gasteiger partial charge in [-0.1, -0.05) is 12.1 Å². The van der Waals surface area contributed by atoms with E-state index in [2.05, 4.69) is 20.2 Å². The van der Waals surface area contributed by atoms with Gasteiger partial charge in [0.25, 0.3) is 5.91 Å². The summed E-state index contributed by atoms with van der Waals surface area (Å²) < 4.78 is 15.7. The first-order valence-electron chi connectivity index (χ1n) is 10.7. The number of aromatic nitrogens is 4. The van der Waals surface area contributed by atoms with Crippen LogP contribution in [0.5, 0.6) is 0 Å². The Morgan fingerprint density at radius 2 is 2.00 bits per heavy atom. The summed E-state index contributed by atoms with van der Waals surface area (Å²) in [5, 5.41) is 7.46. The predicted octanol–water partition coefficient (Wildman–Crippen LogP) is 4.02. The van der Waals surface area contributed by atoms with Crippen molar-refractivity contribution in [1.82, 2.24) is 24.9 Å². The second kappa shape index (κ2) is 8.37. The number of nitrogens with zero attached hydrogens (tertiary/aromatic N) is 5. The van der Waals surface area contributed by atoms with Crippen molar-refractivity contribution < 1.29 is 9.18 Å². The first-order chi connectivity index (χ1) is 15.6. The topological polar surface area (TPSA) is 75.4 Å².